The monoisotopic (exact) mass is 279 g/mol. The molecule has 20 heavy (non-hydrogen) atoms. The van der Waals surface area contributed by atoms with Crippen LogP contribution in [0.25, 0.3) is 0 Å². The Kier molecular flexibility index (Phi) is 5.26. The Balaban J connectivity index is 2.00. The Morgan fingerprint density at radius 2 is 2.15 bits per heavy atom. The van der Waals surface area contributed by atoms with Crippen molar-refractivity contribution in [3.05, 3.63) is 35.6 Å². The molecule has 0 radical (unpaired) electrons. The van der Waals surface area contributed by atoms with E-state index in [2.05, 4.69) is 4.90 Å². The summed E-state index contributed by atoms with van der Waals surface area (Å²) in [6.45, 7) is 6.32. The van der Waals surface area contributed by atoms with Gasteiger partial charge in [-0.1, -0.05) is 0 Å². The van der Waals surface area contributed by atoms with Gasteiger partial charge in [-0.2, -0.15) is 0 Å². The smallest absolute Gasteiger partial charge is 0.179 e. The number of Topliss-reactive ketones (excluding diaryl/α,β-unsaturated/α-hetero) is 1. The van der Waals surface area contributed by atoms with Crippen LogP contribution in [0.2, 0.25) is 0 Å². The number of piperidine rings is 1. The number of likely N-dealkylation sites (tertiary alicyclic amines) is 1. The minimum atomic E-state index is -0.316. The van der Waals surface area contributed by atoms with Crippen molar-refractivity contribution in [1.29, 1.82) is 0 Å². The average molecular weight is 279 g/mol. The quantitative estimate of drug-likeness (QED) is 0.776. The summed E-state index contributed by atoms with van der Waals surface area (Å²) in [5, 5.41) is 0. The zero-order chi connectivity index (χ0) is 14.5. The highest BCUT2D eigenvalue weighted by Gasteiger charge is 2.28. The van der Waals surface area contributed by atoms with Gasteiger partial charge in [-0.05, 0) is 57.5 Å². The zero-order valence-corrected chi connectivity index (χ0v) is 12.1. The second kappa shape index (κ2) is 6.95. The minimum absolute atomic E-state index is 0.0437. The predicted molar refractivity (Wildman–Crippen MR) is 76.4 cm³/mol. The lowest BCUT2D eigenvalue weighted by atomic mass is 10.0. The largest absolute Gasteiger partial charge is 0.377 e. The number of benzene rings is 1. The van der Waals surface area contributed by atoms with E-state index in [1.54, 1.807) is 12.1 Å². The Bertz CT molecular complexity index is 444. The molecule has 0 bridgehead atoms. The third kappa shape index (κ3) is 3.64. The minimum Gasteiger partial charge on any atom is -0.377 e. The van der Waals surface area contributed by atoms with E-state index in [1.165, 1.54) is 12.1 Å². The summed E-state index contributed by atoms with van der Waals surface area (Å²) in [4.78, 5) is 14.6. The van der Waals surface area contributed by atoms with E-state index < -0.39 is 0 Å². The number of hydrogen-bond donors (Lipinski definition) is 0. The van der Waals surface area contributed by atoms with E-state index in [9.17, 15) is 9.18 Å². The van der Waals surface area contributed by atoms with E-state index in [1.807, 2.05) is 13.8 Å². The second-order valence-corrected chi connectivity index (χ2v) is 5.26. The van der Waals surface area contributed by atoms with Gasteiger partial charge in [0.15, 0.2) is 5.78 Å². The SMILES string of the molecule is CCOC1CCCN(C(C)C(=O)c2ccc(F)cc2)C1. The van der Waals surface area contributed by atoms with E-state index >= 15 is 0 Å². The lowest BCUT2D eigenvalue weighted by Gasteiger charge is -2.35. The molecule has 2 rings (SSSR count). The Labute approximate surface area is 119 Å². The number of ether oxygens (including phenoxy) is 1. The molecule has 1 aromatic carbocycles. The molecule has 0 spiro atoms. The first-order chi connectivity index (χ1) is 9.61. The standard InChI is InChI=1S/C16H22FNO2/c1-3-20-15-5-4-10-18(11-15)12(2)16(19)13-6-8-14(17)9-7-13/h6-9,12,15H,3-5,10-11H2,1-2H3. The van der Waals surface area contributed by atoms with Crippen LogP contribution in [-0.2, 0) is 4.74 Å². The number of halogens is 1. The van der Waals surface area contributed by atoms with Crippen LogP contribution in [0, 0.1) is 5.82 Å². The molecule has 0 aromatic heterocycles. The fraction of sp³-hybridized carbons (Fsp3) is 0.562. The molecule has 1 aliphatic heterocycles. The molecule has 110 valence electrons. The molecule has 1 aromatic rings. The summed E-state index contributed by atoms with van der Waals surface area (Å²) < 4.78 is 18.6. The summed E-state index contributed by atoms with van der Waals surface area (Å²) in [7, 11) is 0. The molecule has 1 saturated heterocycles. The number of carbonyl (C=O) groups is 1. The van der Waals surface area contributed by atoms with Crippen molar-refractivity contribution in [2.75, 3.05) is 19.7 Å². The van der Waals surface area contributed by atoms with Gasteiger partial charge in [-0.15, -0.1) is 0 Å². The van der Waals surface area contributed by atoms with Crippen molar-refractivity contribution in [1.82, 2.24) is 4.90 Å². The maximum Gasteiger partial charge on any atom is 0.179 e. The number of carbonyl (C=O) groups excluding carboxylic acids is 1. The first kappa shape index (κ1) is 15.1. The van der Waals surface area contributed by atoms with Crippen molar-refractivity contribution in [3.8, 4) is 0 Å². The fourth-order valence-electron chi connectivity index (χ4n) is 2.71. The highest BCUT2D eigenvalue weighted by molar-refractivity contribution is 5.99. The third-order valence-electron chi connectivity index (χ3n) is 3.87. The Morgan fingerprint density at radius 3 is 2.80 bits per heavy atom. The van der Waals surface area contributed by atoms with Crippen LogP contribution < -0.4 is 0 Å². The van der Waals surface area contributed by atoms with E-state index in [0.29, 0.717) is 12.2 Å². The van der Waals surface area contributed by atoms with Gasteiger partial charge in [-0.3, -0.25) is 9.69 Å². The van der Waals surface area contributed by atoms with E-state index in [-0.39, 0.29) is 23.7 Å². The summed E-state index contributed by atoms with van der Waals surface area (Å²) in [6, 6.07) is 5.58. The molecule has 2 atom stereocenters. The lowest BCUT2D eigenvalue weighted by Crippen LogP contribution is -2.47. The molecule has 0 N–H and O–H groups in total. The molecule has 3 nitrogen and oxygen atoms in total. The molecule has 1 aliphatic rings. The van der Waals surface area contributed by atoms with E-state index in [0.717, 1.165) is 25.9 Å². The van der Waals surface area contributed by atoms with Crippen LogP contribution in [0.1, 0.15) is 37.0 Å². The number of rotatable bonds is 5. The van der Waals surface area contributed by atoms with Gasteiger partial charge in [0.1, 0.15) is 5.82 Å². The summed E-state index contributed by atoms with van der Waals surface area (Å²) in [5.74, 6) is -0.272. The van der Waals surface area contributed by atoms with Gasteiger partial charge in [-0.25, -0.2) is 4.39 Å². The number of hydrogen-bond acceptors (Lipinski definition) is 3. The maximum absolute atomic E-state index is 12.9. The Hall–Kier alpha value is -1.26. The number of ketones is 1. The van der Waals surface area contributed by atoms with Crippen LogP contribution in [-0.4, -0.2) is 42.5 Å². The summed E-state index contributed by atoms with van der Waals surface area (Å²) in [6.07, 6.45) is 2.32. The zero-order valence-electron chi connectivity index (χ0n) is 12.1. The van der Waals surface area contributed by atoms with Crippen molar-refractivity contribution >= 4 is 5.78 Å². The van der Waals surface area contributed by atoms with Crippen LogP contribution in [0.5, 0.6) is 0 Å². The van der Waals surface area contributed by atoms with Crippen LogP contribution in [0.15, 0.2) is 24.3 Å². The van der Waals surface area contributed by atoms with Gasteiger partial charge in [0.25, 0.3) is 0 Å². The fourth-order valence-corrected chi connectivity index (χ4v) is 2.71. The van der Waals surface area contributed by atoms with Gasteiger partial charge in [0, 0.05) is 18.7 Å². The highest BCUT2D eigenvalue weighted by Crippen LogP contribution is 2.18. The molecular formula is C16H22FNO2. The first-order valence-electron chi connectivity index (χ1n) is 7.27. The van der Waals surface area contributed by atoms with Crippen molar-refractivity contribution in [2.45, 2.75) is 38.8 Å². The Morgan fingerprint density at radius 1 is 1.45 bits per heavy atom. The van der Waals surface area contributed by atoms with Crippen molar-refractivity contribution in [3.63, 3.8) is 0 Å². The van der Waals surface area contributed by atoms with Gasteiger partial charge >= 0.3 is 0 Å². The van der Waals surface area contributed by atoms with Crippen LogP contribution >= 0.6 is 0 Å². The van der Waals surface area contributed by atoms with Crippen molar-refractivity contribution < 1.29 is 13.9 Å². The molecule has 0 saturated carbocycles. The molecule has 1 heterocycles. The molecule has 0 amide bonds. The van der Waals surface area contributed by atoms with Crippen LogP contribution in [0.3, 0.4) is 0 Å². The van der Waals surface area contributed by atoms with E-state index in [4.69, 9.17) is 4.74 Å². The van der Waals surface area contributed by atoms with Crippen molar-refractivity contribution in [2.24, 2.45) is 0 Å². The second-order valence-electron chi connectivity index (χ2n) is 5.26. The summed E-state index contributed by atoms with van der Waals surface area (Å²) >= 11 is 0. The normalized spacial score (nSPS) is 21.6. The highest BCUT2D eigenvalue weighted by atomic mass is 19.1. The topological polar surface area (TPSA) is 29.5 Å². The molecule has 1 fully saturated rings. The summed E-state index contributed by atoms with van der Waals surface area (Å²) in [5.41, 5.74) is 0.567. The number of nitrogens with zero attached hydrogens (tertiary/aromatic N) is 1. The first-order valence-corrected chi connectivity index (χ1v) is 7.27. The van der Waals surface area contributed by atoms with Crippen LogP contribution in [0.4, 0.5) is 4.39 Å². The third-order valence-corrected chi connectivity index (χ3v) is 3.87. The van der Waals surface area contributed by atoms with Gasteiger partial charge < -0.3 is 4.74 Å². The molecular weight excluding hydrogens is 257 g/mol. The van der Waals surface area contributed by atoms with Gasteiger partial charge in [0.05, 0.1) is 12.1 Å². The molecule has 2 unspecified atom stereocenters. The lowest BCUT2D eigenvalue weighted by molar-refractivity contribution is -0.00290. The molecule has 4 heteroatoms. The predicted octanol–water partition coefficient (Wildman–Crippen LogP) is 2.90. The van der Waals surface area contributed by atoms with Gasteiger partial charge in [0.2, 0.25) is 0 Å². The molecule has 0 aliphatic carbocycles. The average Bonchev–Trinajstić information content (AvgIpc) is 2.47. The maximum atomic E-state index is 12.9.